The summed E-state index contributed by atoms with van der Waals surface area (Å²) in [6.07, 6.45) is 1.74. The maximum absolute atomic E-state index is 11.0. The molecular formula is C8H16N2OS. The van der Waals surface area contributed by atoms with Gasteiger partial charge >= 0.3 is 0 Å². The molecule has 2 unspecified atom stereocenters. The number of hydrogen-bond acceptors (Lipinski definition) is 3. The molecule has 12 heavy (non-hydrogen) atoms. The third-order valence-electron chi connectivity index (χ3n) is 2.06. The van der Waals surface area contributed by atoms with Gasteiger partial charge in [0, 0.05) is 18.8 Å². The summed E-state index contributed by atoms with van der Waals surface area (Å²) < 4.78 is 0. The van der Waals surface area contributed by atoms with Crippen molar-refractivity contribution < 1.29 is 4.79 Å². The SMILES string of the molecule is CCC1CSC(CC(=O)NC)N1. The predicted molar refractivity (Wildman–Crippen MR) is 52.1 cm³/mol. The maximum Gasteiger partial charge on any atom is 0.222 e. The molecule has 0 aromatic carbocycles. The first kappa shape index (κ1) is 9.86. The highest BCUT2D eigenvalue weighted by Crippen LogP contribution is 2.22. The van der Waals surface area contributed by atoms with Crippen LogP contribution in [0.1, 0.15) is 19.8 Å². The molecule has 1 rings (SSSR count). The molecule has 1 aliphatic rings. The minimum atomic E-state index is 0.122. The van der Waals surface area contributed by atoms with Gasteiger partial charge in [-0.15, -0.1) is 11.8 Å². The maximum atomic E-state index is 11.0. The van der Waals surface area contributed by atoms with E-state index < -0.39 is 0 Å². The second kappa shape index (κ2) is 4.72. The van der Waals surface area contributed by atoms with Gasteiger partial charge in [0.15, 0.2) is 0 Å². The van der Waals surface area contributed by atoms with Crippen LogP contribution in [0, 0.1) is 0 Å². The monoisotopic (exact) mass is 188 g/mol. The molecule has 1 saturated heterocycles. The summed E-state index contributed by atoms with van der Waals surface area (Å²) in [7, 11) is 1.68. The van der Waals surface area contributed by atoms with E-state index in [1.807, 2.05) is 11.8 Å². The van der Waals surface area contributed by atoms with Crippen molar-refractivity contribution in [2.45, 2.75) is 31.2 Å². The van der Waals surface area contributed by atoms with Gasteiger partial charge in [-0.3, -0.25) is 4.79 Å². The van der Waals surface area contributed by atoms with Gasteiger partial charge in [0.05, 0.1) is 11.8 Å². The van der Waals surface area contributed by atoms with Crippen molar-refractivity contribution in [3.63, 3.8) is 0 Å². The molecule has 4 heteroatoms. The fourth-order valence-corrected chi connectivity index (χ4v) is 2.57. The quantitative estimate of drug-likeness (QED) is 0.680. The second-order valence-electron chi connectivity index (χ2n) is 2.97. The Balaban J connectivity index is 2.23. The largest absolute Gasteiger partial charge is 0.359 e. The molecule has 1 heterocycles. The molecule has 0 aromatic heterocycles. The number of thioether (sulfide) groups is 1. The first-order valence-electron chi connectivity index (χ1n) is 4.34. The van der Waals surface area contributed by atoms with Crippen molar-refractivity contribution in [1.82, 2.24) is 10.6 Å². The Morgan fingerprint density at radius 2 is 2.50 bits per heavy atom. The van der Waals surface area contributed by atoms with E-state index in [4.69, 9.17) is 0 Å². The van der Waals surface area contributed by atoms with Gasteiger partial charge < -0.3 is 10.6 Å². The van der Waals surface area contributed by atoms with Crippen LogP contribution in [0.25, 0.3) is 0 Å². The van der Waals surface area contributed by atoms with Crippen LogP contribution >= 0.6 is 11.8 Å². The van der Waals surface area contributed by atoms with Crippen LogP contribution in [-0.2, 0) is 4.79 Å². The van der Waals surface area contributed by atoms with Crippen molar-refractivity contribution in [2.24, 2.45) is 0 Å². The Bertz CT molecular complexity index is 163. The van der Waals surface area contributed by atoms with Crippen LogP contribution in [0.4, 0.5) is 0 Å². The van der Waals surface area contributed by atoms with E-state index in [1.54, 1.807) is 7.05 Å². The van der Waals surface area contributed by atoms with Gasteiger partial charge in [-0.1, -0.05) is 6.92 Å². The summed E-state index contributed by atoms with van der Waals surface area (Å²) in [5, 5.41) is 6.37. The number of carbonyl (C=O) groups is 1. The summed E-state index contributed by atoms with van der Waals surface area (Å²) in [5.74, 6) is 1.26. The average Bonchev–Trinajstić information content (AvgIpc) is 2.52. The summed E-state index contributed by atoms with van der Waals surface area (Å²) in [6.45, 7) is 2.17. The lowest BCUT2D eigenvalue weighted by Crippen LogP contribution is -2.33. The van der Waals surface area contributed by atoms with Crippen LogP contribution in [0.2, 0.25) is 0 Å². The summed E-state index contributed by atoms with van der Waals surface area (Å²) in [6, 6.07) is 0.602. The molecule has 2 N–H and O–H groups in total. The highest BCUT2D eigenvalue weighted by atomic mass is 32.2. The van der Waals surface area contributed by atoms with Crippen molar-refractivity contribution in [3.8, 4) is 0 Å². The van der Waals surface area contributed by atoms with E-state index in [9.17, 15) is 4.79 Å². The molecule has 2 atom stereocenters. The van der Waals surface area contributed by atoms with Crippen molar-refractivity contribution >= 4 is 17.7 Å². The van der Waals surface area contributed by atoms with Crippen molar-refractivity contribution in [3.05, 3.63) is 0 Å². The van der Waals surface area contributed by atoms with Crippen molar-refractivity contribution in [1.29, 1.82) is 0 Å². The Labute approximate surface area is 77.7 Å². The molecule has 1 fully saturated rings. The highest BCUT2D eigenvalue weighted by Gasteiger charge is 2.24. The average molecular weight is 188 g/mol. The smallest absolute Gasteiger partial charge is 0.222 e. The Morgan fingerprint density at radius 1 is 1.75 bits per heavy atom. The second-order valence-corrected chi connectivity index (χ2v) is 4.21. The molecule has 3 nitrogen and oxygen atoms in total. The van der Waals surface area contributed by atoms with Gasteiger partial charge in [-0.05, 0) is 6.42 Å². The molecule has 1 amide bonds. The highest BCUT2D eigenvalue weighted by molar-refractivity contribution is 8.00. The van der Waals surface area contributed by atoms with Gasteiger partial charge in [0.2, 0.25) is 5.91 Å². The van der Waals surface area contributed by atoms with Gasteiger partial charge in [-0.2, -0.15) is 0 Å². The number of rotatable bonds is 3. The zero-order chi connectivity index (χ0) is 8.97. The van der Waals surface area contributed by atoms with E-state index in [0.717, 1.165) is 12.2 Å². The number of nitrogens with one attached hydrogen (secondary N) is 2. The van der Waals surface area contributed by atoms with Gasteiger partial charge in [-0.25, -0.2) is 0 Å². The van der Waals surface area contributed by atoms with E-state index in [1.165, 1.54) is 0 Å². The molecule has 0 saturated carbocycles. The number of carbonyl (C=O) groups excluding carboxylic acids is 1. The predicted octanol–water partition coefficient (Wildman–Crippen LogP) is 0.564. The molecule has 0 bridgehead atoms. The minimum absolute atomic E-state index is 0.122. The normalized spacial score (nSPS) is 28.8. The first-order chi connectivity index (χ1) is 5.76. The first-order valence-corrected chi connectivity index (χ1v) is 5.39. The lowest BCUT2D eigenvalue weighted by Gasteiger charge is -2.10. The van der Waals surface area contributed by atoms with Crippen LogP contribution in [0.5, 0.6) is 0 Å². The molecule has 0 radical (unpaired) electrons. The van der Waals surface area contributed by atoms with Crippen LogP contribution in [-0.4, -0.2) is 30.1 Å². The number of amides is 1. The molecule has 1 aliphatic heterocycles. The van der Waals surface area contributed by atoms with Gasteiger partial charge in [0.25, 0.3) is 0 Å². The molecule has 0 spiro atoms. The number of hydrogen-bond donors (Lipinski definition) is 2. The van der Waals surface area contributed by atoms with Crippen LogP contribution < -0.4 is 10.6 Å². The topological polar surface area (TPSA) is 41.1 Å². The third kappa shape index (κ3) is 2.68. The molecule has 0 aromatic rings. The zero-order valence-corrected chi connectivity index (χ0v) is 8.41. The fourth-order valence-electron chi connectivity index (χ4n) is 1.22. The summed E-state index contributed by atoms with van der Waals surface area (Å²) in [4.78, 5) is 11.0. The lowest BCUT2D eigenvalue weighted by molar-refractivity contribution is -0.120. The van der Waals surface area contributed by atoms with E-state index in [-0.39, 0.29) is 5.91 Å². The lowest BCUT2D eigenvalue weighted by atomic mass is 10.2. The van der Waals surface area contributed by atoms with E-state index in [0.29, 0.717) is 17.8 Å². The van der Waals surface area contributed by atoms with Crippen LogP contribution in [0.3, 0.4) is 0 Å². The Hall–Kier alpha value is -0.220. The molecule has 0 aliphatic carbocycles. The fraction of sp³-hybridized carbons (Fsp3) is 0.875. The van der Waals surface area contributed by atoms with Crippen LogP contribution in [0.15, 0.2) is 0 Å². The zero-order valence-electron chi connectivity index (χ0n) is 7.59. The molecular weight excluding hydrogens is 172 g/mol. The minimum Gasteiger partial charge on any atom is -0.359 e. The van der Waals surface area contributed by atoms with Crippen molar-refractivity contribution in [2.75, 3.05) is 12.8 Å². The summed E-state index contributed by atoms with van der Waals surface area (Å²) in [5.41, 5.74) is 0. The van der Waals surface area contributed by atoms with Gasteiger partial charge in [0.1, 0.15) is 0 Å². The third-order valence-corrected chi connectivity index (χ3v) is 3.36. The Morgan fingerprint density at radius 3 is 3.00 bits per heavy atom. The van der Waals surface area contributed by atoms with E-state index in [2.05, 4.69) is 17.6 Å². The summed E-state index contributed by atoms with van der Waals surface area (Å²) >= 11 is 1.85. The molecule has 70 valence electrons. The standard InChI is InChI=1S/C8H16N2OS/c1-3-6-5-12-8(10-6)4-7(11)9-2/h6,8,10H,3-5H2,1-2H3,(H,9,11). The van der Waals surface area contributed by atoms with E-state index >= 15 is 0 Å². The Kier molecular flexibility index (Phi) is 3.88.